The van der Waals surface area contributed by atoms with Crippen molar-refractivity contribution in [1.82, 2.24) is 41.9 Å². The van der Waals surface area contributed by atoms with Gasteiger partial charge in [-0.05, 0) is 51.9 Å². The molecular weight excluding hydrogens is 528 g/mol. The van der Waals surface area contributed by atoms with Crippen LogP contribution in [0.15, 0.2) is 37.3 Å². The molecule has 4 aromatic rings. The highest BCUT2D eigenvalue weighted by molar-refractivity contribution is 5.18. The first-order valence-electron chi connectivity index (χ1n) is 13.1. The molecule has 8 rings (SSSR count). The van der Waals surface area contributed by atoms with Gasteiger partial charge >= 0.3 is 0 Å². The second kappa shape index (κ2) is 12.8. The molecule has 0 saturated heterocycles. The van der Waals surface area contributed by atoms with Crippen LogP contribution in [-0.2, 0) is 51.9 Å². The summed E-state index contributed by atoms with van der Waals surface area (Å²) in [5.74, 6) is 3.04. The van der Waals surface area contributed by atoms with Crippen molar-refractivity contribution in [3.05, 3.63) is 86.7 Å². The molecule has 0 amide bonds. The molecule has 216 valence electrons. The molecule has 0 aliphatic carbocycles. The van der Waals surface area contributed by atoms with Gasteiger partial charge in [-0.3, -0.25) is 19.2 Å². The number of aromatic nitrogens is 4. The van der Waals surface area contributed by atoms with Crippen molar-refractivity contribution in [2.45, 2.75) is 51.9 Å². The molecule has 8 N–H and O–H groups in total. The first kappa shape index (κ1) is 27.4. The maximum absolute atomic E-state index is 10.9. The van der Waals surface area contributed by atoms with Gasteiger partial charge in [0.25, 0.3) is 22.2 Å². The van der Waals surface area contributed by atoms with Crippen LogP contribution < -0.4 is 43.5 Å². The van der Waals surface area contributed by atoms with Crippen LogP contribution in [0.3, 0.4) is 0 Å². The third-order valence-electron chi connectivity index (χ3n) is 6.86. The number of nitrogens with one attached hydrogen (secondary N) is 8. The Labute approximate surface area is 225 Å². The summed E-state index contributed by atoms with van der Waals surface area (Å²) >= 11 is 0. The second-order valence-electron chi connectivity index (χ2n) is 9.45. The molecule has 4 aromatic heterocycles. The quantitative estimate of drug-likeness (QED) is 0.122. The molecule has 0 fully saturated rings. The van der Waals surface area contributed by atoms with Gasteiger partial charge in [0.05, 0.1) is 48.4 Å². The van der Waals surface area contributed by atoms with Gasteiger partial charge in [-0.2, -0.15) is 20.6 Å². The molecule has 16 nitrogen and oxygen atoms in total. The average Bonchev–Trinajstić information content (AvgIpc) is 3.78. The van der Waals surface area contributed by atoms with Gasteiger partial charge < -0.3 is 39.4 Å². The second-order valence-corrected chi connectivity index (χ2v) is 9.45. The molecule has 4 aliphatic heterocycles. The number of fused-ring (bicyclic) bond motifs is 4. The van der Waals surface area contributed by atoms with Crippen molar-refractivity contribution < 1.29 is 18.1 Å². The average molecular weight is 561 g/mol. The third kappa shape index (κ3) is 6.36. The maximum atomic E-state index is 10.9. The van der Waals surface area contributed by atoms with Crippen molar-refractivity contribution in [2.75, 3.05) is 26.2 Å². The fraction of sp³-hybridized carbons (Fsp3) is 0.500. The Bertz CT molecular complexity index is 1390. The minimum atomic E-state index is -0.0727. The molecule has 0 bridgehead atoms. The van der Waals surface area contributed by atoms with Crippen molar-refractivity contribution in [1.29, 1.82) is 0 Å². The van der Waals surface area contributed by atoms with Gasteiger partial charge in [-0.1, -0.05) is 0 Å². The zero-order valence-electron chi connectivity index (χ0n) is 21.8. The van der Waals surface area contributed by atoms with Crippen LogP contribution in [-0.4, -0.2) is 46.8 Å². The molecule has 8 heterocycles. The summed E-state index contributed by atoms with van der Waals surface area (Å²) in [6.07, 6.45) is 3.12. The highest BCUT2D eigenvalue weighted by Crippen LogP contribution is 2.09. The number of H-pyrrole nitrogens is 4. The Balaban J connectivity index is 0.000000108. The van der Waals surface area contributed by atoms with E-state index in [2.05, 4.69) is 41.9 Å². The minimum absolute atomic E-state index is 0.0727. The van der Waals surface area contributed by atoms with Gasteiger partial charge in [-0.25, -0.2) is 0 Å². The van der Waals surface area contributed by atoms with Gasteiger partial charge in [0, 0.05) is 0 Å². The molecule has 0 saturated carbocycles. The van der Waals surface area contributed by atoms with E-state index in [9.17, 15) is 19.2 Å². The Morgan fingerprint density at radius 3 is 0.800 bits per heavy atom. The molecule has 4 aliphatic rings. The van der Waals surface area contributed by atoms with Crippen LogP contribution in [0.25, 0.3) is 0 Å². The molecule has 0 unspecified atom stereocenters. The predicted molar refractivity (Wildman–Crippen MR) is 139 cm³/mol. The van der Waals surface area contributed by atoms with Crippen LogP contribution in [0.1, 0.15) is 45.3 Å². The van der Waals surface area contributed by atoms with E-state index < -0.39 is 0 Å². The maximum Gasteiger partial charge on any atom is 0.283 e. The van der Waals surface area contributed by atoms with E-state index >= 15 is 0 Å². The van der Waals surface area contributed by atoms with Crippen molar-refractivity contribution in [3.63, 3.8) is 0 Å². The smallest absolute Gasteiger partial charge is 0.283 e. The van der Waals surface area contributed by atoms with E-state index in [-0.39, 0.29) is 22.2 Å². The van der Waals surface area contributed by atoms with E-state index in [4.69, 9.17) is 18.1 Å². The lowest BCUT2D eigenvalue weighted by Gasteiger charge is -2.07. The first-order valence-corrected chi connectivity index (χ1v) is 13.1. The van der Waals surface area contributed by atoms with Crippen molar-refractivity contribution in [2.24, 2.45) is 0 Å². The topological polar surface area (TPSA) is 232 Å². The fourth-order valence-corrected chi connectivity index (χ4v) is 4.68. The zero-order chi connectivity index (χ0) is 27.9. The number of hydrogen-bond acceptors (Lipinski definition) is 12. The molecule has 0 aromatic carbocycles. The minimum Gasteiger partial charge on any atom is -0.382 e. The third-order valence-corrected chi connectivity index (χ3v) is 6.86. The highest BCUT2D eigenvalue weighted by atomic mass is 16.5. The monoisotopic (exact) mass is 560 g/mol. The lowest BCUT2D eigenvalue weighted by Crippen LogP contribution is -2.25. The number of rotatable bonds is 0. The van der Waals surface area contributed by atoms with Crippen LogP contribution in [0.4, 0.5) is 0 Å². The van der Waals surface area contributed by atoms with Gasteiger partial charge in [-0.15, -0.1) is 0 Å². The Kier molecular flexibility index (Phi) is 8.80. The lowest BCUT2D eigenvalue weighted by atomic mass is 10.1. The highest BCUT2D eigenvalue weighted by Gasteiger charge is 2.17. The number of hydrogen-bond donors (Lipinski definition) is 8. The van der Waals surface area contributed by atoms with Crippen LogP contribution in [0, 0.1) is 0 Å². The Morgan fingerprint density at radius 2 is 0.600 bits per heavy atom. The van der Waals surface area contributed by atoms with Crippen molar-refractivity contribution >= 4 is 0 Å². The van der Waals surface area contributed by atoms with Gasteiger partial charge in [0.2, 0.25) is 0 Å². The van der Waals surface area contributed by atoms with Crippen LogP contribution >= 0.6 is 0 Å². The summed E-state index contributed by atoms with van der Waals surface area (Å²) in [6.45, 7) is 6.18. The summed E-state index contributed by atoms with van der Waals surface area (Å²) in [7, 11) is 0. The fourth-order valence-electron chi connectivity index (χ4n) is 4.68. The summed E-state index contributed by atoms with van der Waals surface area (Å²) < 4.78 is 19.5. The largest absolute Gasteiger partial charge is 0.382 e. The van der Waals surface area contributed by atoms with E-state index in [0.717, 1.165) is 97.2 Å². The first-order chi connectivity index (χ1) is 19.5. The summed E-state index contributed by atoms with van der Waals surface area (Å²) in [4.78, 5) is 43.5. The van der Waals surface area contributed by atoms with E-state index in [1.807, 2.05) is 0 Å². The molecular formula is C24H32N8O8. The molecule has 0 radical (unpaired) electrons. The molecule has 40 heavy (non-hydrogen) atoms. The van der Waals surface area contributed by atoms with Crippen LogP contribution in [0.2, 0.25) is 0 Å². The summed E-state index contributed by atoms with van der Waals surface area (Å²) in [5.41, 5.74) is 2.93. The Morgan fingerprint density at radius 1 is 0.375 bits per heavy atom. The van der Waals surface area contributed by atoms with Crippen molar-refractivity contribution in [3.8, 4) is 0 Å². The predicted octanol–water partition coefficient (Wildman–Crippen LogP) is -1.55. The molecule has 0 atom stereocenters. The van der Waals surface area contributed by atoms with E-state index in [1.165, 1.54) is 0 Å². The van der Waals surface area contributed by atoms with Crippen LogP contribution in [0.5, 0.6) is 0 Å². The molecule has 0 spiro atoms. The molecule has 16 heteroatoms. The SMILES string of the molecule is O=c1[nH]oc2c1CCNC2.O=c1[nH]oc2c1CCNC2.O=c1[nH]oc2c1CCNC2.O=c1[nH]oc2c1CCNC2. The zero-order valence-corrected chi connectivity index (χ0v) is 21.8. The normalized spacial score (nSPS) is 16.8. The Hall–Kier alpha value is -4.12. The summed E-state index contributed by atoms with van der Waals surface area (Å²) in [6, 6.07) is 0. The van der Waals surface area contributed by atoms with E-state index in [1.54, 1.807) is 0 Å². The lowest BCUT2D eigenvalue weighted by molar-refractivity contribution is 0.362. The van der Waals surface area contributed by atoms with E-state index in [0.29, 0.717) is 26.2 Å². The standard InChI is InChI=1S/4C6H8N2O2/c4*9-6-4-1-2-7-3-5(4)10-8-6/h4*7H,1-3H2,(H,8,9). The summed E-state index contributed by atoms with van der Waals surface area (Å²) in [5, 5.41) is 21.6. The van der Waals surface area contributed by atoms with Gasteiger partial charge in [0.1, 0.15) is 0 Å². The van der Waals surface area contributed by atoms with Gasteiger partial charge in [0.15, 0.2) is 23.0 Å². The number of aromatic amines is 4.